The molecule has 1 aromatic carbocycles. The van der Waals surface area contributed by atoms with Crippen molar-refractivity contribution in [1.29, 1.82) is 0 Å². The smallest absolute Gasteiger partial charge is 0.178 e. The van der Waals surface area contributed by atoms with Crippen molar-refractivity contribution in [2.75, 3.05) is 0 Å². The summed E-state index contributed by atoms with van der Waals surface area (Å²) in [5, 5.41) is 12.0. The van der Waals surface area contributed by atoms with Crippen molar-refractivity contribution in [3.63, 3.8) is 0 Å². The summed E-state index contributed by atoms with van der Waals surface area (Å²) in [6, 6.07) is 20.4. The van der Waals surface area contributed by atoms with Gasteiger partial charge in [0.1, 0.15) is 5.69 Å². The van der Waals surface area contributed by atoms with Crippen molar-refractivity contribution < 1.29 is 0 Å². The van der Waals surface area contributed by atoms with Gasteiger partial charge in [0.2, 0.25) is 0 Å². The zero-order valence-corrected chi connectivity index (χ0v) is 20.8. The number of pyridine rings is 4. The molecule has 3 N–H and O–H groups in total. The lowest BCUT2D eigenvalue weighted by atomic mass is 10.1. The van der Waals surface area contributed by atoms with Crippen LogP contribution in [0.15, 0.2) is 97.8 Å². The van der Waals surface area contributed by atoms with Crippen LogP contribution in [-0.4, -0.2) is 40.1 Å². The van der Waals surface area contributed by atoms with E-state index >= 15 is 0 Å². The van der Waals surface area contributed by atoms with Gasteiger partial charge in [-0.15, -0.1) is 0 Å². The number of nitrogens with zero attached hydrogens (tertiary/aromatic N) is 6. The van der Waals surface area contributed by atoms with E-state index in [1.165, 1.54) is 5.56 Å². The molecule has 7 aromatic rings. The Bertz CT molecular complexity index is 1890. The first-order valence-corrected chi connectivity index (χ1v) is 12.6. The second kappa shape index (κ2) is 9.88. The summed E-state index contributed by atoms with van der Waals surface area (Å²) >= 11 is 0. The van der Waals surface area contributed by atoms with Crippen LogP contribution in [-0.2, 0) is 13.1 Å². The van der Waals surface area contributed by atoms with Crippen LogP contribution in [0.4, 0.5) is 0 Å². The lowest BCUT2D eigenvalue weighted by Crippen LogP contribution is -2.12. The van der Waals surface area contributed by atoms with Gasteiger partial charge in [-0.3, -0.25) is 20.1 Å². The highest BCUT2D eigenvalue weighted by atomic mass is 15.1. The van der Waals surface area contributed by atoms with Crippen LogP contribution >= 0.6 is 0 Å². The molecule has 0 bridgehead atoms. The fourth-order valence-corrected chi connectivity index (χ4v) is 4.72. The van der Waals surface area contributed by atoms with Crippen LogP contribution in [0, 0.1) is 0 Å². The first-order valence-electron chi connectivity index (χ1n) is 12.6. The number of aromatic amines is 2. The van der Waals surface area contributed by atoms with Gasteiger partial charge in [-0.25, -0.2) is 9.97 Å². The second-order valence-corrected chi connectivity index (χ2v) is 9.24. The number of aromatic nitrogens is 8. The molecule has 0 aliphatic carbocycles. The Morgan fingerprint density at radius 1 is 0.744 bits per heavy atom. The van der Waals surface area contributed by atoms with Gasteiger partial charge in [-0.2, -0.15) is 5.10 Å². The maximum atomic E-state index is 4.76. The summed E-state index contributed by atoms with van der Waals surface area (Å²) in [5.74, 6) is 0.638. The van der Waals surface area contributed by atoms with E-state index in [1.807, 2.05) is 54.9 Å². The van der Waals surface area contributed by atoms with Crippen molar-refractivity contribution in [2.24, 2.45) is 0 Å². The molecule has 0 saturated carbocycles. The Morgan fingerprint density at radius 2 is 1.62 bits per heavy atom. The number of imidazole rings is 1. The highest BCUT2D eigenvalue weighted by molar-refractivity contribution is 5.96. The van der Waals surface area contributed by atoms with Gasteiger partial charge in [0.05, 0.1) is 22.9 Å². The number of H-pyrrole nitrogens is 2. The highest BCUT2D eigenvalue weighted by Gasteiger charge is 2.17. The molecular formula is C30H23N9. The van der Waals surface area contributed by atoms with Crippen molar-refractivity contribution in [3.05, 3.63) is 109 Å². The summed E-state index contributed by atoms with van der Waals surface area (Å²) in [5.41, 5.74) is 9.15. The third kappa shape index (κ3) is 4.51. The highest BCUT2D eigenvalue weighted by Crippen LogP contribution is 2.31. The average Bonchev–Trinajstić information content (AvgIpc) is 3.62. The number of nitrogens with one attached hydrogen (secondary N) is 3. The largest absolute Gasteiger partial charge is 0.335 e. The fraction of sp³-hybridized carbons (Fsp3) is 0.0667. The molecule has 9 heteroatoms. The topological polar surface area (TPSA) is 121 Å². The monoisotopic (exact) mass is 509 g/mol. The number of fused-ring (bicyclic) bond motifs is 2. The van der Waals surface area contributed by atoms with Gasteiger partial charge in [0.25, 0.3) is 0 Å². The lowest BCUT2D eigenvalue weighted by molar-refractivity contribution is 0.691. The van der Waals surface area contributed by atoms with Gasteiger partial charge >= 0.3 is 0 Å². The number of hydrogen-bond acceptors (Lipinski definition) is 7. The molecule has 6 heterocycles. The first-order chi connectivity index (χ1) is 19.3. The molecule has 0 spiro atoms. The van der Waals surface area contributed by atoms with E-state index in [2.05, 4.69) is 58.6 Å². The SMILES string of the molecule is c1ccc(CNCc2cncc(-c3cc4c(-c5nc6nccc(-c7ccncc7)c6[nH]5)n[nH]c4cn3)c2)cc1. The van der Waals surface area contributed by atoms with E-state index < -0.39 is 0 Å². The van der Waals surface area contributed by atoms with E-state index in [0.29, 0.717) is 23.7 Å². The summed E-state index contributed by atoms with van der Waals surface area (Å²) < 4.78 is 0. The molecular weight excluding hydrogens is 486 g/mol. The van der Waals surface area contributed by atoms with E-state index in [9.17, 15) is 0 Å². The zero-order valence-electron chi connectivity index (χ0n) is 20.8. The van der Waals surface area contributed by atoms with E-state index in [4.69, 9.17) is 4.98 Å². The molecule has 0 aliphatic heterocycles. The third-order valence-corrected chi connectivity index (χ3v) is 6.65. The van der Waals surface area contributed by atoms with Crippen molar-refractivity contribution in [2.45, 2.75) is 13.1 Å². The van der Waals surface area contributed by atoms with Gasteiger partial charge in [-0.1, -0.05) is 30.3 Å². The van der Waals surface area contributed by atoms with Crippen LogP contribution in [0.3, 0.4) is 0 Å². The molecule has 6 aromatic heterocycles. The third-order valence-electron chi connectivity index (χ3n) is 6.65. The molecule has 39 heavy (non-hydrogen) atoms. The fourth-order valence-electron chi connectivity index (χ4n) is 4.72. The van der Waals surface area contributed by atoms with E-state index in [0.717, 1.165) is 50.9 Å². The number of hydrogen-bond donors (Lipinski definition) is 3. The average molecular weight is 510 g/mol. The summed E-state index contributed by atoms with van der Waals surface area (Å²) in [4.78, 5) is 25.9. The van der Waals surface area contributed by atoms with Gasteiger partial charge in [0, 0.05) is 60.6 Å². The molecule has 0 amide bonds. The van der Waals surface area contributed by atoms with Crippen LogP contribution in [0.1, 0.15) is 11.1 Å². The minimum atomic E-state index is 0.629. The molecule has 7 rings (SSSR count). The Morgan fingerprint density at radius 3 is 2.51 bits per heavy atom. The predicted octanol–water partition coefficient (Wildman–Crippen LogP) is 5.31. The first kappa shape index (κ1) is 22.9. The van der Waals surface area contributed by atoms with Gasteiger partial charge in [-0.05, 0) is 47.0 Å². The molecule has 0 fully saturated rings. The summed E-state index contributed by atoms with van der Waals surface area (Å²) in [6.45, 7) is 1.50. The molecule has 9 nitrogen and oxygen atoms in total. The van der Waals surface area contributed by atoms with E-state index in [-0.39, 0.29) is 0 Å². The number of benzene rings is 1. The van der Waals surface area contributed by atoms with Crippen LogP contribution in [0.25, 0.3) is 56.0 Å². The predicted molar refractivity (Wildman–Crippen MR) is 150 cm³/mol. The standard InChI is InChI=1S/C30H23N9/c1-2-4-19(5-3-1)14-32-15-20-12-22(17-33-16-20)25-13-24-26(18-35-25)38-39-28(24)30-36-27-23(8-11-34-29(27)37-30)21-6-9-31-10-7-21/h1-13,16-18,32H,14-15H2,(H,38,39)(H,34,36,37). The number of rotatable bonds is 7. The quantitative estimate of drug-likeness (QED) is 0.266. The van der Waals surface area contributed by atoms with Crippen molar-refractivity contribution in [1.82, 2.24) is 45.4 Å². The Kier molecular flexibility index (Phi) is 5.80. The molecule has 0 unspecified atom stereocenters. The normalized spacial score (nSPS) is 11.4. The Balaban J connectivity index is 1.20. The van der Waals surface area contributed by atoms with Crippen molar-refractivity contribution in [3.8, 4) is 33.9 Å². The molecule has 188 valence electrons. The van der Waals surface area contributed by atoms with Gasteiger partial charge in [0.15, 0.2) is 11.5 Å². The minimum Gasteiger partial charge on any atom is -0.335 e. The zero-order chi connectivity index (χ0) is 26.0. The van der Waals surface area contributed by atoms with Gasteiger partial charge < -0.3 is 10.3 Å². The second-order valence-electron chi connectivity index (χ2n) is 9.24. The van der Waals surface area contributed by atoms with Crippen LogP contribution in [0.5, 0.6) is 0 Å². The minimum absolute atomic E-state index is 0.629. The maximum Gasteiger partial charge on any atom is 0.178 e. The Labute approximate surface area is 223 Å². The Hall–Kier alpha value is -5.28. The van der Waals surface area contributed by atoms with E-state index in [1.54, 1.807) is 24.8 Å². The lowest BCUT2D eigenvalue weighted by Gasteiger charge is -2.07. The summed E-state index contributed by atoms with van der Waals surface area (Å²) in [6.07, 6.45) is 10.8. The molecule has 0 radical (unpaired) electrons. The molecule has 0 atom stereocenters. The maximum absolute atomic E-state index is 4.76. The summed E-state index contributed by atoms with van der Waals surface area (Å²) in [7, 11) is 0. The van der Waals surface area contributed by atoms with Crippen LogP contribution < -0.4 is 5.32 Å². The van der Waals surface area contributed by atoms with Crippen LogP contribution in [0.2, 0.25) is 0 Å². The van der Waals surface area contributed by atoms with Crippen molar-refractivity contribution >= 4 is 22.1 Å². The molecule has 0 aliphatic rings. The molecule has 0 saturated heterocycles.